The van der Waals surface area contributed by atoms with E-state index in [0.717, 1.165) is 50.7 Å². The van der Waals surface area contributed by atoms with E-state index in [-0.39, 0.29) is 18.1 Å². The smallest absolute Gasteiger partial charge is 0.220 e. The highest BCUT2D eigenvalue weighted by atomic mass is 16.5. The zero-order chi connectivity index (χ0) is 16.2. The minimum absolute atomic E-state index is 0.153. The lowest BCUT2D eigenvalue weighted by Crippen LogP contribution is -2.39. The summed E-state index contributed by atoms with van der Waals surface area (Å²) in [5.41, 5.74) is 2.64. The summed E-state index contributed by atoms with van der Waals surface area (Å²) < 4.78 is 5.31. The number of aliphatic hydroxyl groups is 1. The van der Waals surface area contributed by atoms with Crippen molar-refractivity contribution in [3.63, 3.8) is 0 Å². The molecule has 4 nitrogen and oxygen atoms in total. The summed E-state index contributed by atoms with van der Waals surface area (Å²) in [5.74, 6) is 1.37. The van der Waals surface area contributed by atoms with Crippen molar-refractivity contribution in [2.45, 2.75) is 69.4 Å². The number of aryl methyl sites for hydroxylation is 1. The Morgan fingerprint density at radius 2 is 2.04 bits per heavy atom. The van der Waals surface area contributed by atoms with Gasteiger partial charge in [0.15, 0.2) is 0 Å². The fourth-order valence-corrected chi connectivity index (χ4v) is 3.96. The Morgan fingerprint density at radius 1 is 1.26 bits per heavy atom. The summed E-state index contributed by atoms with van der Waals surface area (Å²) in [6.45, 7) is 0. The normalized spacial score (nSPS) is 27.1. The molecule has 1 fully saturated rings. The summed E-state index contributed by atoms with van der Waals surface area (Å²) in [6.07, 6.45) is 7.07. The van der Waals surface area contributed by atoms with Gasteiger partial charge in [-0.05, 0) is 74.1 Å². The van der Waals surface area contributed by atoms with Crippen molar-refractivity contribution in [3.05, 3.63) is 29.3 Å². The third kappa shape index (κ3) is 4.05. The van der Waals surface area contributed by atoms with E-state index in [2.05, 4.69) is 17.4 Å². The second-order valence-electron chi connectivity index (χ2n) is 6.93. The number of hydrogen-bond acceptors (Lipinski definition) is 3. The molecule has 0 saturated heterocycles. The quantitative estimate of drug-likeness (QED) is 0.897. The Kier molecular flexibility index (Phi) is 5.21. The molecule has 0 radical (unpaired) electrons. The number of carbonyl (C=O) groups is 1. The topological polar surface area (TPSA) is 58.6 Å². The predicted molar refractivity (Wildman–Crippen MR) is 89.7 cm³/mol. The van der Waals surface area contributed by atoms with Crippen molar-refractivity contribution in [2.24, 2.45) is 0 Å². The summed E-state index contributed by atoms with van der Waals surface area (Å²) in [5, 5.41) is 12.7. The van der Waals surface area contributed by atoms with Gasteiger partial charge in [-0.2, -0.15) is 0 Å². The van der Waals surface area contributed by atoms with Gasteiger partial charge in [-0.25, -0.2) is 0 Å². The van der Waals surface area contributed by atoms with Crippen LogP contribution in [0, 0.1) is 0 Å². The van der Waals surface area contributed by atoms with Gasteiger partial charge in [0.1, 0.15) is 5.75 Å². The van der Waals surface area contributed by atoms with Crippen LogP contribution in [0.25, 0.3) is 0 Å². The number of amides is 1. The van der Waals surface area contributed by atoms with Crippen LogP contribution in [0.1, 0.15) is 62.0 Å². The highest BCUT2D eigenvalue weighted by molar-refractivity contribution is 5.77. The Bertz CT molecular complexity index is 550. The molecule has 1 amide bonds. The number of ether oxygens (including phenoxy) is 1. The second-order valence-corrected chi connectivity index (χ2v) is 6.93. The van der Waals surface area contributed by atoms with Gasteiger partial charge in [0, 0.05) is 12.5 Å². The molecule has 1 aromatic carbocycles. The zero-order valence-corrected chi connectivity index (χ0v) is 13.9. The number of hydrogen-bond donors (Lipinski definition) is 2. The molecule has 0 heterocycles. The Balaban J connectivity index is 1.59. The van der Waals surface area contributed by atoms with E-state index in [1.165, 1.54) is 11.1 Å². The largest absolute Gasteiger partial charge is 0.497 e. The van der Waals surface area contributed by atoms with Gasteiger partial charge < -0.3 is 15.2 Å². The van der Waals surface area contributed by atoms with Crippen LogP contribution in [0.3, 0.4) is 0 Å². The Labute approximate surface area is 138 Å². The van der Waals surface area contributed by atoms with Crippen LogP contribution >= 0.6 is 0 Å². The molecule has 1 unspecified atom stereocenters. The number of fused-ring (bicyclic) bond motifs is 1. The molecule has 0 aliphatic heterocycles. The van der Waals surface area contributed by atoms with Gasteiger partial charge in [-0.1, -0.05) is 6.07 Å². The third-order valence-electron chi connectivity index (χ3n) is 5.28. The Hall–Kier alpha value is -1.55. The van der Waals surface area contributed by atoms with Crippen molar-refractivity contribution in [1.29, 1.82) is 0 Å². The second kappa shape index (κ2) is 7.35. The number of carbonyl (C=O) groups excluding carboxylic acids is 1. The van der Waals surface area contributed by atoms with Crippen molar-refractivity contribution in [3.8, 4) is 5.75 Å². The SMILES string of the molecule is COc1ccc2c(c1)CCCC2CC(=O)NC1CCC(O)CC1. The number of methoxy groups -OCH3 is 1. The first-order valence-electron chi connectivity index (χ1n) is 8.80. The van der Waals surface area contributed by atoms with Crippen LogP contribution < -0.4 is 10.1 Å². The minimum Gasteiger partial charge on any atom is -0.497 e. The molecule has 2 aliphatic rings. The first kappa shape index (κ1) is 16.3. The maximum absolute atomic E-state index is 12.4. The summed E-state index contributed by atoms with van der Waals surface area (Å²) in [4.78, 5) is 12.4. The molecular weight excluding hydrogens is 290 g/mol. The van der Waals surface area contributed by atoms with Crippen LogP contribution in [0.4, 0.5) is 0 Å². The zero-order valence-electron chi connectivity index (χ0n) is 13.9. The summed E-state index contributed by atoms with van der Waals surface area (Å²) in [6, 6.07) is 6.48. The lowest BCUT2D eigenvalue weighted by Gasteiger charge is -2.29. The number of benzene rings is 1. The number of rotatable bonds is 4. The van der Waals surface area contributed by atoms with Crippen molar-refractivity contribution < 1.29 is 14.6 Å². The first-order chi connectivity index (χ1) is 11.2. The van der Waals surface area contributed by atoms with Gasteiger partial charge >= 0.3 is 0 Å². The molecule has 1 atom stereocenters. The molecule has 0 spiro atoms. The highest BCUT2D eigenvalue weighted by Gasteiger charge is 2.25. The molecule has 1 saturated carbocycles. The highest BCUT2D eigenvalue weighted by Crippen LogP contribution is 2.35. The lowest BCUT2D eigenvalue weighted by molar-refractivity contribution is -0.122. The van der Waals surface area contributed by atoms with Crippen LogP contribution in [0.15, 0.2) is 18.2 Å². The molecule has 1 aromatic rings. The van der Waals surface area contributed by atoms with E-state index in [1.807, 2.05) is 6.07 Å². The van der Waals surface area contributed by atoms with Gasteiger partial charge in [0.2, 0.25) is 5.91 Å². The molecule has 3 rings (SSSR count). The molecule has 2 N–H and O–H groups in total. The van der Waals surface area contributed by atoms with E-state index in [0.29, 0.717) is 12.3 Å². The molecule has 2 aliphatic carbocycles. The van der Waals surface area contributed by atoms with Crippen molar-refractivity contribution in [2.75, 3.05) is 7.11 Å². The van der Waals surface area contributed by atoms with Gasteiger partial charge in [0.25, 0.3) is 0 Å². The third-order valence-corrected chi connectivity index (χ3v) is 5.28. The molecule has 126 valence electrons. The fourth-order valence-electron chi connectivity index (χ4n) is 3.96. The molecule has 0 aromatic heterocycles. The van der Waals surface area contributed by atoms with E-state index in [9.17, 15) is 9.90 Å². The summed E-state index contributed by atoms with van der Waals surface area (Å²) >= 11 is 0. The van der Waals surface area contributed by atoms with Crippen LogP contribution in [-0.2, 0) is 11.2 Å². The Morgan fingerprint density at radius 3 is 2.78 bits per heavy atom. The fraction of sp³-hybridized carbons (Fsp3) is 0.632. The first-order valence-corrected chi connectivity index (χ1v) is 8.80. The average molecular weight is 317 g/mol. The predicted octanol–water partition coefficient (Wildman–Crippen LogP) is 2.92. The van der Waals surface area contributed by atoms with Gasteiger partial charge in [0.05, 0.1) is 13.2 Å². The van der Waals surface area contributed by atoms with E-state index in [1.54, 1.807) is 7.11 Å². The van der Waals surface area contributed by atoms with Crippen LogP contribution in [-0.4, -0.2) is 30.3 Å². The van der Waals surface area contributed by atoms with Crippen LogP contribution in [0.2, 0.25) is 0 Å². The molecular formula is C19H27NO3. The molecule has 23 heavy (non-hydrogen) atoms. The van der Waals surface area contributed by atoms with E-state index >= 15 is 0 Å². The van der Waals surface area contributed by atoms with E-state index in [4.69, 9.17) is 4.74 Å². The van der Waals surface area contributed by atoms with Crippen molar-refractivity contribution >= 4 is 5.91 Å². The molecule has 0 bridgehead atoms. The van der Waals surface area contributed by atoms with E-state index < -0.39 is 0 Å². The van der Waals surface area contributed by atoms with Crippen molar-refractivity contribution in [1.82, 2.24) is 5.32 Å². The summed E-state index contributed by atoms with van der Waals surface area (Å²) in [7, 11) is 1.69. The molecule has 4 heteroatoms. The average Bonchev–Trinajstić information content (AvgIpc) is 2.56. The minimum atomic E-state index is -0.177. The maximum atomic E-state index is 12.4. The number of nitrogens with one attached hydrogen (secondary N) is 1. The van der Waals surface area contributed by atoms with Crippen LogP contribution in [0.5, 0.6) is 5.75 Å². The van der Waals surface area contributed by atoms with Gasteiger partial charge in [-0.15, -0.1) is 0 Å². The monoisotopic (exact) mass is 317 g/mol. The lowest BCUT2D eigenvalue weighted by atomic mass is 9.80. The number of aliphatic hydroxyl groups excluding tert-OH is 1. The van der Waals surface area contributed by atoms with Gasteiger partial charge in [-0.3, -0.25) is 4.79 Å². The standard InChI is InChI=1S/C19H27NO3/c1-23-17-9-10-18-13(11-17)3-2-4-14(18)12-19(22)20-15-5-7-16(21)8-6-15/h9-11,14-16,21H,2-8,12H2,1H3,(H,20,22). The maximum Gasteiger partial charge on any atom is 0.220 e.